The fraction of sp³-hybridized carbons (Fsp3) is 0.263. The molecule has 3 rings (SSSR count). The molecule has 136 valence electrons. The van der Waals surface area contributed by atoms with Crippen LogP contribution in [0.5, 0.6) is 5.75 Å². The molecule has 1 N–H and O–H groups in total. The predicted molar refractivity (Wildman–Crippen MR) is 94.6 cm³/mol. The Bertz CT molecular complexity index is 948. The maximum Gasteiger partial charge on any atom is 0.419 e. The van der Waals surface area contributed by atoms with Gasteiger partial charge in [-0.05, 0) is 30.7 Å². The number of aromatic nitrogens is 1. The van der Waals surface area contributed by atoms with Crippen LogP contribution >= 0.6 is 0 Å². The number of ether oxygens (including phenoxy) is 1. The maximum atomic E-state index is 13.4. The molecule has 6 nitrogen and oxygen atoms in total. The van der Waals surface area contributed by atoms with E-state index in [0.29, 0.717) is 18.5 Å². The van der Waals surface area contributed by atoms with Crippen molar-refractivity contribution in [1.82, 2.24) is 9.88 Å². The Morgan fingerprint density at radius 1 is 1.15 bits per heavy atom. The van der Waals surface area contributed by atoms with Crippen LogP contribution in [0.4, 0.5) is 4.39 Å². The Morgan fingerprint density at radius 3 is 2.77 bits per heavy atom. The van der Waals surface area contributed by atoms with Crippen molar-refractivity contribution in [3.63, 3.8) is 0 Å². The Kier molecular flexibility index (Phi) is 5.68. The average Bonchev–Trinajstić information content (AvgIpc) is 2.96. The molecule has 2 aromatic carbocycles. The van der Waals surface area contributed by atoms with E-state index in [1.54, 1.807) is 30.3 Å². The molecule has 0 unspecified atom stereocenters. The van der Waals surface area contributed by atoms with Gasteiger partial charge in [0, 0.05) is 13.0 Å². The zero-order chi connectivity index (χ0) is 18.4. The van der Waals surface area contributed by atoms with Crippen LogP contribution in [0.15, 0.2) is 57.7 Å². The first kappa shape index (κ1) is 17.7. The van der Waals surface area contributed by atoms with Gasteiger partial charge in [0.1, 0.15) is 6.61 Å². The van der Waals surface area contributed by atoms with Gasteiger partial charge in [-0.3, -0.25) is 9.36 Å². The van der Waals surface area contributed by atoms with Gasteiger partial charge >= 0.3 is 5.76 Å². The Morgan fingerprint density at radius 2 is 1.92 bits per heavy atom. The number of nitrogens with zero attached hydrogens (tertiary/aromatic N) is 1. The normalized spacial score (nSPS) is 10.8. The van der Waals surface area contributed by atoms with Gasteiger partial charge < -0.3 is 14.5 Å². The van der Waals surface area contributed by atoms with Crippen molar-refractivity contribution in [1.29, 1.82) is 0 Å². The number of hydrogen-bond donors (Lipinski definition) is 1. The number of aryl methyl sites for hydroxylation is 1. The lowest BCUT2D eigenvalue weighted by Gasteiger charge is -2.08. The average molecular weight is 358 g/mol. The zero-order valence-corrected chi connectivity index (χ0v) is 14.1. The largest absolute Gasteiger partial charge is 0.489 e. The molecule has 1 heterocycles. The summed E-state index contributed by atoms with van der Waals surface area (Å²) in [6.45, 7) is 0.856. The summed E-state index contributed by atoms with van der Waals surface area (Å²) in [5.74, 6) is -0.850. The minimum atomic E-state index is -0.434. The predicted octanol–water partition coefficient (Wildman–Crippen LogP) is 2.71. The molecule has 7 heteroatoms. The number of para-hydroxylation sites is 3. The van der Waals surface area contributed by atoms with Crippen molar-refractivity contribution in [3.05, 3.63) is 64.9 Å². The Labute approximate surface area is 149 Å². The summed E-state index contributed by atoms with van der Waals surface area (Å²) in [6, 6.07) is 13.3. The second-order valence-corrected chi connectivity index (χ2v) is 5.72. The van der Waals surface area contributed by atoms with Gasteiger partial charge in [0.2, 0.25) is 5.91 Å². The molecule has 0 atom stereocenters. The summed E-state index contributed by atoms with van der Waals surface area (Å²) >= 11 is 0. The maximum absolute atomic E-state index is 13.4. The first-order valence-corrected chi connectivity index (χ1v) is 8.37. The quantitative estimate of drug-likeness (QED) is 0.629. The highest BCUT2D eigenvalue weighted by molar-refractivity contribution is 5.76. The van der Waals surface area contributed by atoms with Gasteiger partial charge in [0.15, 0.2) is 17.1 Å². The molecule has 3 aromatic rings. The van der Waals surface area contributed by atoms with Crippen LogP contribution in [0.2, 0.25) is 0 Å². The van der Waals surface area contributed by atoms with E-state index in [2.05, 4.69) is 5.32 Å². The number of rotatable bonds is 8. The third-order valence-corrected chi connectivity index (χ3v) is 3.88. The summed E-state index contributed by atoms with van der Waals surface area (Å²) in [5.41, 5.74) is 1.25. The van der Waals surface area contributed by atoms with E-state index < -0.39 is 11.6 Å². The SMILES string of the molecule is O=C(CCCn1c(=O)oc2ccccc21)NCCOc1ccccc1F. The van der Waals surface area contributed by atoms with E-state index in [0.717, 1.165) is 5.52 Å². The number of carbonyl (C=O) groups excluding carboxylic acids is 1. The van der Waals surface area contributed by atoms with Crippen LogP contribution in [-0.2, 0) is 11.3 Å². The van der Waals surface area contributed by atoms with Crippen molar-refractivity contribution in [2.45, 2.75) is 19.4 Å². The van der Waals surface area contributed by atoms with Crippen molar-refractivity contribution in [2.24, 2.45) is 0 Å². The number of fused-ring (bicyclic) bond motifs is 1. The molecular weight excluding hydrogens is 339 g/mol. The Hall–Kier alpha value is -3.09. The van der Waals surface area contributed by atoms with E-state index >= 15 is 0 Å². The molecule has 0 saturated heterocycles. The van der Waals surface area contributed by atoms with E-state index in [-0.39, 0.29) is 31.2 Å². The molecular formula is C19H19FN2O4. The number of amides is 1. The van der Waals surface area contributed by atoms with E-state index in [9.17, 15) is 14.0 Å². The number of halogens is 1. The topological polar surface area (TPSA) is 73.5 Å². The molecule has 0 spiro atoms. The molecule has 0 aliphatic rings. The summed E-state index contributed by atoms with van der Waals surface area (Å²) in [6.07, 6.45) is 0.773. The van der Waals surface area contributed by atoms with Crippen molar-refractivity contribution in [3.8, 4) is 5.75 Å². The van der Waals surface area contributed by atoms with Crippen LogP contribution in [0.1, 0.15) is 12.8 Å². The van der Waals surface area contributed by atoms with Gasteiger partial charge in [-0.2, -0.15) is 0 Å². The smallest absolute Gasteiger partial charge is 0.419 e. The second kappa shape index (κ2) is 8.33. The third kappa shape index (κ3) is 4.30. The molecule has 0 aliphatic carbocycles. The van der Waals surface area contributed by atoms with Crippen LogP contribution < -0.4 is 15.8 Å². The molecule has 0 radical (unpaired) electrons. The summed E-state index contributed by atoms with van der Waals surface area (Å²) in [7, 11) is 0. The number of oxazole rings is 1. The van der Waals surface area contributed by atoms with E-state index in [4.69, 9.17) is 9.15 Å². The minimum Gasteiger partial charge on any atom is -0.489 e. The van der Waals surface area contributed by atoms with Crippen LogP contribution in [0, 0.1) is 5.82 Å². The first-order chi connectivity index (χ1) is 12.6. The number of hydrogen-bond acceptors (Lipinski definition) is 4. The molecule has 1 aromatic heterocycles. The lowest BCUT2D eigenvalue weighted by molar-refractivity contribution is -0.121. The van der Waals surface area contributed by atoms with Gasteiger partial charge in [0.25, 0.3) is 0 Å². The molecule has 26 heavy (non-hydrogen) atoms. The van der Waals surface area contributed by atoms with Crippen LogP contribution in [-0.4, -0.2) is 23.6 Å². The molecule has 0 fully saturated rings. The lowest BCUT2D eigenvalue weighted by Crippen LogP contribution is -2.28. The number of nitrogens with one attached hydrogen (secondary N) is 1. The summed E-state index contributed by atoms with van der Waals surface area (Å²) in [4.78, 5) is 23.7. The number of carbonyl (C=O) groups is 1. The minimum absolute atomic E-state index is 0.150. The third-order valence-electron chi connectivity index (χ3n) is 3.88. The van der Waals surface area contributed by atoms with E-state index in [1.807, 2.05) is 6.07 Å². The van der Waals surface area contributed by atoms with Crippen LogP contribution in [0.3, 0.4) is 0 Å². The highest BCUT2D eigenvalue weighted by atomic mass is 19.1. The lowest BCUT2D eigenvalue weighted by atomic mass is 10.2. The van der Waals surface area contributed by atoms with Gasteiger partial charge in [-0.15, -0.1) is 0 Å². The standard InChI is InChI=1S/C19H19FN2O4/c20-14-6-1-3-8-16(14)25-13-11-21-18(23)10-5-12-22-15-7-2-4-9-17(15)26-19(22)24/h1-4,6-9H,5,10-13H2,(H,21,23). The van der Waals surface area contributed by atoms with Gasteiger partial charge in [-0.25, -0.2) is 9.18 Å². The fourth-order valence-corrected chi connectivity index (χ4v) is 2.63. The van der Waals surface area contributed by atoms with E-state index in [1.165, 1.54) is 16.7 Å². The van der Waals surface area contributed by atoms with Crippen LogP contribution in [0.25, 0.3) is 11.1 Å². The highest BCUT2D eigenvalue weighted by Crippen LogP contribution is 2.15. The second-order valence-electron chi connectivity index (χ2n) is 5.72. The van der Waals surface area contributed by atoms with Crippen molar-refractivity contribution in [2.75, 3.05) is 13.2 Å². The summed E-state index contributed by atoms with van der Waals surface area (Å²) in [5, 5.41) is 2.71. The monoisotopic (exact) mass is 358 g/mol. The fourth-order valence-electron chi connectivity index (χ4n) is 2.63. The summed E-state index contributed by atoms with van der Waals surface area (Å²) < 4.78 is 25.3. The molecule has 1 amide bonds. The van der Waals surface area contributed by atoms with Crippen molar-refractivity contribution < 1.29 is 18.3 Å². The number of benzene rings is 2. The first-order valence-electron chi connectivity index (χ1n) is 8.37. The Balaban J connectivity index is 1.40. The zero-order valence-electron chi connectivity index (χ0n) is 14.1. The molecule has 0 aliphatic heterocycles. The van der Waals surface area contributed by atoms with Gasteiger partial charge in [0.05, 0.1) is 12.1 Å². The molecule has 0 saturated carbocycles. The highest BCUT2D eigenvalue weighted by Gasteiger charge is 2.09. The van der Waals surface area contributed by atoms with Crippen molar-refractivity contribution >= 4 is 17.0 Å². The van der Waals surface area contributed by atoms with Gasteiger partial charge in [-0.1, -0.05) is 24.3 Å². The molecule has 0 bridgehead atoms.